The number of halogens is 1. The molecule has 0 radical (unpaired) electrons. The molecule has 20 heavy (non-hydrogen) atoms. The molecule has 0 saturated heterocycles. The summed E-state index contributed by atoms with van der Waals surface area (Å²) in [5.41, 5.74) is -0.128. The van der Waals surface area contributed by atoms with Gasteiger partial charge in [-0.2, -0.15) is 0 Å². The van der Waals surface area contributed by atoms with Crippen LogP contribution in [0.15, 0.2) is 23.1 Å². The molecule has 1 aromatic carbocycles. The molecule has 0 spiro atoms. The second kappa shape index (κ2) is 7.03. The van der Waals surface area contributed by atoms with Gasteiger partial charge in [-0.15, -0.1) is 0 Å². The third-order valence-corrected chi connectivity index (χ3v) is 4.58. The molecule has 0 atom stereocenters. The van der Waals surface area contributed by atoms with Crippen molar-refractivity contribution >= 4 is 27.6 Å². The Kier molecular flexibility index (Phi) is 5.94. The topological polar surface area (TPSA) is 86.7 Å². The van der Waals surface area contributed by atoms with Crippen LogP contribution in [0.2, 0.25) is 5.02 Å². The molecule has 112 valence electrons. The first-order valence-electron chi connectivity index (χ1n) is 5.99. The first-order chi connectivity index (χ1) is 9.27. The van der Waals surface area contributed by atoms with Crippen molar-refractivity contribution in [3.05, 3.63) is 28.8 Å². The van der Waals surface area contributed by atoms with Gasteiger partial charge in [0.05, 0.1) is 15.5 Å². The summed E-state index contributed by atoms with van der Waals surface area (Å²) in [5, 5.41) is 8.73. The predicted molar refractivity (Wildman–Crippen MR) is 76.8 cm³/mol. The van der Waals surface area contributed by atoms with Crippen molar-refractivity contribution in [3.8, 4) is 0 Å². The normalized spacial score (nSPS) is 11.8. The highest BCUT2D eigenvalue weighted by atomic mass is 35.5. The standard InChI is InChI=1S/C12H17ClN2O4S/c1-3-15(2)7-6-14-20(18,19)9-4-5-10(12(16)17)11(13)8-9/h4-5,8,14H,3,6-7H2,1-2H3,(H,16,17). The van der Waals surface area contributed by atoms with Gasteiger partial charge in [0.1, 0.15) is 0 Å². The van der Waals surface area contributed by atoms with Gasteiger partial charge < -0.3 is 10.0 Å². The van der Waals surface area contributed by atoms with Crippen LogP contribution in [-0.2, 0) is 10.0 Å². The maximum atomic E-state index is 12.0. The molecule has 0 aliphatic carbocycles. The van der Waals surface area contributed by atoms with Crippen molar-refractivity contribution in [2.45, 2.75) is 11.8 Å². The highest BCUT2D eigenvalue weighted by Gasteiger charge is 2.17. The van der Waals surface area contributed by atoms with Crippen molar-refractivity contribution < 1.29 is 18.3 Å². The zero-order chi connectivity index (χ0) is 15.3. The van der Waals surface area contributed by atoms with Crippen molar-refractivity contribution in [3.63, 3.8) is 0 Å². The zero-order valence-corrected chi connectivity index (χ0v) is 12.8. The molecule has 0 bridgehead atoms. The number of aromatic carboxylic acids is 1. The fraction of sp³-hybridized carbons (Fsp3) is 0.417. The number of carboxylic acid groups (broad SMARTS) is 1. The zero-order valence-electron chi connectivity index (χ0n) is 11.3. The van der Waals surface area contributed by atoms with E-state index in [0.717, 1.165) is 12.6 Å². The smallest absolute Gasteiger partial charge is 0.337 e. The van der Waals surface area contributed by atoms with Gasteiger partial charge >= 0.3 is 5.97 Å². The van der Waals surface area contributed by atoms with Gasteiger partial charge in [0.2, 0.25) is 10.0 Å². The van der Waals surface area contributed by atoms with Crippen LogP contribution in [-0.4, -0.2) is 51.1 Å². The number of rotatable bonds is 7. The first-order valence-corrected chi connectivity index (χ1v) is 7.85. The number of sulfonamides is 1. The largest absolute Gasteiger partial charge is 0.478 e. The lowest BCUT2D eigenvalue weighted by atomic mass is 10.2. The van der Waals surface area contributed by atoms with Crippen LogP contribution >= 0.6 is 11.6 Å². The molecule has 0 aliphatic heterocycles. The number of nitrogens with zero attached hydrogens (tertiary/aromatic N) is 1. The van der Waals surface area contributed by atoms with E-state index in [1.807, 2.05) is 18.9 Å². The van der Waals surface area contributed by atoms with E-state index in [-0.39, 0.29) is 22.0 Å². The third kappa shape index (κ3) is 4.45. The lowest BCUT2D eigenvalue weighted by Gasteiger charge is -2.14. The molecule has 1 rings (SSSR count). The minimum Gasteiger partial charge on any atom is -0.478 e. The number of carbonyl (C=O) groups is 1. The number of nitrogens with one attached hydrogen (secondary N) is 1. The van der Waals surface area contributed by atoms with Crippen LogP contribution in [0, 0.1) is 0 Å². The van der Waals surface area contributed by atoms with Crippen LogP contribution in [0.25, 0.3) is 0 Å². The lowest BCUT2D eigenvalue weighted by Crippen LogP contribution is -2.32. The fourth-order valence-corrected chi connectivity index (χ4v) is 2.82. The summed E-state index contributed by atoms with van der Waals surface area (Å²) in [6, 6.07) is 3.54. The van der Waals surface area contributed by atoms with E-state index >= 15 is 0 Å². The van der Waals surface area contributed by atoms with Gasteiger partial charge in [0.15, 0.2) is 0 Å². The monoisotopic (exact) mass is 320 g/mol. The summed E-state index contributed by atoms with van der Waals surface area (Å²) in [7, 11) is -1.80. The molecule has 0 aliphatic rings. The minimum atomic E-state index is -3.68. The van der Waals surface area contributed by atoms with Crippen LogP contribution < -0.4 is 4.72 Å². The molecule has 8 heteroatoms. The van der Waals surface area contributed by atoms with E-state index in [4.69, 9.17) is 16.7 Å². The van der Waals surface area contributed by atoms with Crippen molar-refractivity contribution in [2.75, 3.05) is 26.7 Å². The van der Waals surface area contributed by atoms with Crippen molar-refractivity contribution in [1.29, 1.82) is 0 Å². The maximum Gasteiger partial charge on any atom is 0.337 e. The van der Waals surface area contributed by atoms with E-state index in [1.165, 1.54) is 12.1 Å². The summed E-state index contributed by atoms with van der Waals surface area (Å²) in [4.78, 5) is 12.7. The Morgan fingerprint density at radius 1 is 1.45 bits per heavy atom. The van der Waals surface area contributed by atoms with Gasteiger partial charge in [-0.05, 0) is 31.8 Å². The molecule has 6 nitrogen and oxygen atoms in total. The second-order valence-electron chi connectivity index (χ2n) is 4.24. The maximum absolute atomic E-state index is 12.0. The number of carboxylic acids is 1. The van der Waals surface area contributed by atoms with Gasteiger partial charge in [0.25, 0.3) is 0 Å². The summed E-state index contributed by atoms with van der Waals surface area (Å²) >= 11 is 5.76. The molecule has 0 heterocycles. The van der Waals surface area contributed by atoms with Gasteiger partial charge in [-0.25, -0.2) is 17.9 Å². The van der Waals surface area contributed by atoms with Crippen molar-refractivity contribution in [1.82, 2.24) is 9.62 Å². The summed E-state index contributed by atoms with van der Waals surface area (Å²) in [6.45, 7) is 3.64. The number of likely N-dealkylation sites (N-methyl/N-ethyl adjacent to an activating group) is 1. The Morgan fingerprint density at radius 2 is 2.10 bits per heavy atom. The van der Waals surface area contributed by atoms with E-state index < -0.39 is 16.0 Å². The highest BCUT2D eigenvalue weighted by Crippen LogP contribution is 2.20. The Morgan fingerprint density at radius 3 is 2.60 bits per heavy atom. The summed E-state index contributed by atoms with van der Waals surface area (Å²) < 4.78 is 26.4. The van der Waals surface area contributed by atoms with Crippen LogP contribution in [0.5, 0.6) is 0 Å². The molecule has 0 unspecified atom stereocenters. The molecular weight excluding hydrogens is 304 g/mol. The highest BCUT2D eigenvalue weighted by molar-refractivity contribution is 7.89. The average Bonchev–Trinajstić information content (AvgIpc) is 2.37. The van der Waals surface area contributed by atoms with E-state index in [9.17, 15) is 13.2 Å². The molecular formula is C12H17ClN2O4S. The van der Waals surface area contributed by atoms with Gasteiger partial charge in [-0.3, -0.25) is 0 Å². The lowest BCUT2D eigenvalue weighted by molar-refractivity contribution is 0.0697. The molecule has 0 amide bonds. The van der Waals surface area contributed by atoms with E-state index in [2.05, 4.69) is 4.72 Å². The third-order valence-electron chi connectivity index (χ3n) is 2.81. The molecule has 0 fully saturated rings. The number of hydrogen-bond donors (Lipinski definition) is 2. The number of benzene rings is 1. The summed E-state index contributed by atoms with van der Waals surface area (Å²) in [5.74, 6) is -1.20. The van der Waals surface area contributed by atoms with E-state index in [1.54, 1.807) is 0 Å². The van der Waals surface area contributed by atoms with Gasteiger partial charge in [0, 0.05) is 13.1 Å². The minimum absolute atomic E-state index is 0.0494. The Bertz CT molecular complexity index is 589. The van der Waals surface area contributed by atoms with Crippen molar-refractivity contribution in [2.24, 2.45) is 0 Å². The van der Waals surface area contributed by atoms with Crippen LogP contribution in [0.4, 0.5) is 0 Å². The van der Waals surface area contributed by atoms with Gasteiger partial charge in [-0.1, -0.05) is 18.5 Å². The quantitative estimate of drug-likeness (QED) is 0.790. The average molecular weight is 321 g/mol. The molecule has 1 aromatic rings. The fourth-order valence-electron chi connectivity index (χ4n) is 1.45. The Labute approximate surface area is 123 Å². The van der Waals surface area contributed by atoms with Crippen LogP contribution in [0.3, 0.4) is 0 Å². The predicted octanol–water partition coefficient (Wildman–Crippen LogP) is 1.27. The molecule has 0 saturated carbocycles. The Balaban J connectivity index is 2.83. The Hall–Kier alpha value is -1.15. The summed E-state index contributed by atoms with van der Waals surface area (Å²) in [6.07, 6.45) is 0. The first kappa shape index (κ1) is 16.9. The van der Waals surface area contributed by atoms with Crippen LogP contribution in [0.1, 0.15) is 17.3 Å². The molecule has 0 aromatic heterocycles. The van der Waals surface area contributed by atoms with E-state index in [0.29, 0.717) is 6.54 Å². The SMILES string of the molecule is CCN(C)CCNS(=O)(=O)c1ccc(C(=O)O)c(Cl)c1. The number of hydrogen-bond acceptors (Lipinski definition) is 4. The molecule has 2 N–H and O–H groups in total. The second-order valence-corrected chi connectivity index (χ2v) is 6.41.